The standard InChI is InChI=1S/C26H30F3N5O3S/c1-4-33-17-22(24(35)30-16-20-8-10-21(11-9-20)26(27,28)29)25(31-33)38(36,37)34-14-12-32(13-15-34)23-7-5-6-18(2)19(23)3/h5-11,17H,4,12-16H2,1-3H3,(H,30,35). The van der Waals surface area contributed by atoms with Crippen LogP contribution in [0, 0.1) is 13.8 Å². The second-order valence-corrected chi connectivity index (χ2v) is 11.0. The molecule has 0 spiro atoms. The Morgan fingerprint density at radius 3 is 2.29 bits per heavy atom. The van der Waals surface area contributed by atoms with Crippen molar-refractivity contribution in [2.45, 2.75) is 45.1 Å². The number of hydrogen-bond donors (Lipinski definition) is 1. The fraction of sp³-hybridized carbons (Fsp3) is 0.385. The van der Waals surface area contributed by atoms with E-state index >= 15 is 0 Å². The molecule has 1 aliphatic rings. The van der Waals surface area contributed by atoms with Gasteiger partial charge in [-0.3, -0.25) is 9.48 Å². The number of alkyl halides is 3. The molecule has 0 aliphatic carbocycles. The number of sulfonamides is 1. The van der Waals surface area contributed by atoms with E-state index < -0.39 is 27.7 Å². The minimum atomic E-state index is -4.45. The number of nitrogens with zero attached hydrogens (tertiary/aromatic N) is 4. The number of carbonyl (C=O) groups excluding carboxylic acids is 1. The number of aromatic nitrogens is 2. The molecule has 1 fully saturated rings. The minimum Gasteiger partial charge on any atom is -0.369 e. The van der Waals surface area contributed by atoms with Gasteiger partial charge in [0, 0.05) is 51.2 Å². The van der Waals surface area contributed by atoms with Crippen molar-refractivity contribution in [2.24, 2.45) is 0 Å². The van der Waals surface area contributed by atoms with Gasteiger partial charge in [-0.25, -0.2) is 8.42 Å². The molecule has 1 aromatic heterocycles. The second kappa shape index (κ2) is 10.8. The van der Waals surface area contributed by atoms with Crippen LogP contribution in [0.3, 0.4) is 0 Å². The predicted octanol–water partition coefficient (Wildman–Crippen LogP) is 3.98. The molecule has 12 heteroatoms. The molecule has 1 saturated heterocycles. The smallest absolute Gasteiger partial charge is 0.369 e. The third kappa shape index (κ3) is 5.70. The molecule has 0 atom stereocenters. The Balaban J connectivity index is 1.48. The fourth-order valence-electron chi connectivity index (χ4n) is 4.37. The minimum absolute atomic E-state index is 0.0672. The largest absolute Gasteiger partial charge is 0.416 e. The lowest BCUT2D eigenvalue weighted by molar-refractivity contribution is -0.137. The van der Waals surface area contributed by atoms with E-state index in [1.165, 1.54) is 27.3 Å². The number of nitrogens with one attached hydrogen (secondary N) is 1. The van der Waals surface area contributed by atoms with Gasteiger partial charge in [0.1, 0.15) is 0 Å². The molecule has 4 rings (SSSR count). The summed E-state index contributed by atoms with van der Waals surface area (Å²) in [5, 5.41) is 6.45. The van der Waals surface area contributed by atoms with Crippen LogP contribution < -0.4 is 10.2 Å². The summed E-state index contributed by atoms with van der Waals surface area (Å²) in [6, 6.07) is 10.4. The first kappa shape index (κ1) is 27.6. The van der Waals surface area contributed by atoms with Crippen molar-refractivity contribution < 1.29 is 26.4 Å². The number of hydrogen-bond acceptors (Lipinski definition) is 5. The molecule has 8 nitrogen and oxygen atoms in total. The third-order valence-electron chi connectivity index (χ3n) is 6.77. The SMILES string of the molecule is CCn1cc(C(=O)NCc2ccc(C(F)(F)F)cc2)c(S(=O)(=O)N2CCN(c3cccc(C)c3C)CC2)n1. The number of piperazine rings is 1. The van der Waals surface area contributed by atoms with E-state index in [9.17, 15) is 26.4 Å². The number of anilines is 1. The predicted molar refractivity (Wildman–Crippen MR) is 137 cm³/mol. The van der Waals surface area contributed by atoms with E-state index in [4.69, 9.17) is 0 Å². The zero-order chi connectivity index (χ0) is 27.7. The van der Waals surface area contributed by atoms with Gasteiger partial charge in [0.2, 0.25) is 5.03 Å². The molecule has 1 aliphatic heterocycles. The maximum Gasteiger partial charge on any atom is 0.416 e. The highest BCUT2D eigenvalue weighted by Gasteiger charge is 2.35. The maximum atomic E-state index is 13.6. The van der Waals surface area contributed by atoms with Gasteiger partial charge < -0.3 is 10.2 Å². The van der Waals surface area contributed by atoms with Gasteiger partial charge >= 0.3 is 6.18 Å². The van der Waals surface area contributed by atoms with Crippen LogP contribution in [0.2, 0.25) is 0 Å². The summed E-state index contributed by atoms with van der Waals surface area (Å²) in [7, 11) is -4.07. The molecule has 38 heavy (non-hydrogen) atoms. The van der Waals surface area contributed by atoms with Gasteiger partial charge in [-0.2, -0.15) is 22.6 Å². The third-order valence-corrected chi connectivity index (χ3v) is 8.61. The number of benzene rings is 2. The van der Waals surface area contributed by atoms with Crippen molar-refractivity contribution in [3.05, 3.63) is 76.5 Å². The molecule has 1 amide bonds. The molecule has 3 aromatic rings. The van der Waals surface area contributed by atoms with Crippen LogP contribution in [0.1, 0.15) is 39.5 Å². The van der Waals surface area contributed by atoms with Crippen LogP contribution in [-0.4, -0.2) is 54.6 Å². The summed E-state index contributed by atoms with van der Waals surface area (Å²) in [6.07, 6.45) is -3.08. The molecule has 2 aromatic carbocycles. The summed E-state index contributed by atoms with van der Waals surface area (Å²) in [4.78, 5) is 15.1. The number of carbonyl (C=O) groups is 1. The first-order chi connectivity index (χ1) is 17.9. The molecule has 0 bridgehead atoms. The lowest BCUT2D eigenvalue weighted by Crippen LogP contribution is -2.49. The van der Waals surface area contributed by atoms with Gasteiger partial charge in [0.05, 0.1) is 11.1 Å². The monoisotopic (exact) mass is 549 g/mol. The highest BCUT2D eigenvalue weighted by Crippen LogP contribution is 2.29. The van der Waals surface area contributed by atoms with Crippen LogP contribution in [0.25, 0.3) is 0 Å². The van der Waals surface area contributed by atoms with Crippen LogP contribution in [-0.2, 0) is 29.3 Å². The zero-order valence-corrected chi connectivity index (χ0v) is 22.2. The Labute approximate surface area is 220 Å². The lowest BCUT2D eigenvalue weighted by atomic mass is 10.1. The van der Waals surface area contributed by atoms with Crippen LogP contribution in [0.4, 0.5) is 18.9 Å². The van der Waals surface area contributed by atoms with Gasteiger partial charge in [-0.15, -0.1) is 0 Å². The van der Waals surface area contributed by atoms with Gasteiger partial charge in [-0.1, -0.05) is 24.3 Å². The Hall–Kier alpha value is -3.38. The first-order valence-electron chi connectivity index (χ1n) is 12.2. The van der Waals surface area contributed by atoms with Crippen molar-refractivity contribution >= 4 is 21.6 Å². The number of amides is 1. The van der Waals surface area contributed by atoms with E-state index in [1.54, 1.807) is 6.92 Å². The Bertz CT molecular complexity index is 1410. The number of halogens is 3. The first-order valence-corrected chi connectivity index (χ1v) is 13.7. The highest BCUT2D eigenvalue weighted by atomic mass is 32.2. The Morgan fingerprint density at radius 1 is 1.03 bits per heavy atom. The normalized spacial score (nSPS) is 15.1. The molecule has 0 saturated carbocycles. The summed E-state index contributed by atoms with van der Waals surface area (Å²) in [5.74, 6) is -0.669. The topological polar surface area (TPSA) is 87.5 Å². The average Bonchev–Trinajstić information content (AvgIpc) is 3.34. The van der Waals surface area contributed by atoms with Crippen LogP contribution >= 0.6 is 0 Å². The maximum absolute atomic E-state index is 13.6. The molecular formula is C26H30F3N5O3S. The van der Waals surface area contributed by atoms with E-state index in [-0.39, 0.29) is 30.2 Å². The summed E-state index contributed by atoms with van der Waals surface area (Å²) >= 11 is 0. The summed E-state index contributed by atoms with van der Waals surface area (Å²) < 4.78 is 68.2. The fourth-order valence-corrected chi connectivity index (χ4v) is 5.89. The highest BCUT2D eigenvalue weighted by molar-refractivity contribution is 7.89. The van der Waals surface area contributed by atoms with E-state index in [0.717, 1.165) is 28.9 Å². The number of rotatable bonds is 7. The molecule has 204 valence electrons. The zero-order valence-electron chi connectivity index (χ0n) is 21.4. The number of aryl methyl sites for hydroxylation is 2. The molecule has 1 N–H and O–H groups in total. The lowest BCUT2D eigenvalue weighted by Gasteiger charge is -2.36. The summed E-state index contributed by atoms with van der Waals surface area (Å²) in [5.41, 5.74) is 2.94. The van der Waals surface area contributed by atoms with Crippen LogP contribution in [0.15, 0.2) is 53.7 Å². The van der Waals surface area contributed by atoms with Crippen molar-refractivity contribution in [2.75, 3.05) is 31.1 Å². The van der Waals surface area contributed by atoms with Crippen molar-refractivity contribution in [3.8, 4) is 0 Å². The molecule has 0 unspecified atom stereocenters. The van der Waals surface area contributed by atoms with Crippen molar-refractivity contribution in [1.82, 2.24) is 19.4 Å². The Morgan fingerprint density at radius 2 is 1.68 bits per heavy atom. The van der Waals surface area contributed by atoms with Crippen molar-refractivity contribution in [3.63, 3.8) is 0 Å². The molecule has 2 heterocycles. The van der Waals surface area contributed by atoms with E-state index in [2.05, 4.69) is 15.3 Å². The van der Waals surface area contributed by atoms with Gasteiger partial charge in [0.25, 0.3) is 15.9 Å². The van der Waals surface area contributed by atoms with E-state index in [0.29, 0.717) is 25.2 Å². The second-order valence-electron chi connectivity index (χ2n) is 9.19. The molecular weight excluding hydrogens is 519 g/mol. The quantitative estimate of drug-likeness (QED) is 0.482. The van der Waals surface area contributed by atoms with Crippen molar-refractivity contribution in [1.29, 1.82) is 0 Å². The molecule has 0 radical (unpaired) electrons. The van der Waals surface area contributed by atoms with E-state index in [1.807, 2.05) is 32.0 Å². The summed E-state index contributed by atoms with van der Waals surface area (Å²) in [6.45, 7) is 7.60. The van der Waals surface area contributed by atoms with Crippen LogP contribution in [0.5, 0.6) is 0 Å². The Kier molecular flexibility index (Phi) is 7.84. The van der Waals surface area contributed by atoms with Gasteiger partial charge in [0.15, 0.2) is 0 Å². The van der Waals surface area contributed by atoms with Gasteiger partial charge in [-0.05, 0) is 55.7 Å². The average molecular weight is 550 g/mol.